The van der Waals surface area contributed by atoms with Crippen molar-refractivity contribution in [2.24, 2.45) is 11.7 Å². The number of ether oxygens (including phenoxy) is 2. The van der Waals surface area contributed by atoms with Crippen molar-refractivity contribution in [1.29, 1.82) is 0 Å². The standard InChI is InChI=1S/C11H18N2O4/c12-9(14)5-11(6-17-7-11)13-10(15)8-1-3-16-4-2-8/h8H,1-7H2,(H2,12,14)(H,13,15). The summed E-state index contributed by atoms with van der Waals surface area (Å²) in [6, 6.07) is 0. The van der Waals surface area contributed by atoms with Crippen molar-refractivity contribution in [3.05, 3.63) is 0 Å². The zero-order valence-electron chi connectivity index (χ0n) is 9.74. The highest BCUT2D eigenvalue weighted by Crippen LogP contribution is 2.23. The molecule has 0 aromatic heterocycles. The second-order valence-electron chi connectivity index (χ2n) is 4.79. The van der Waals surface area contributed by atoms with E-state index < -0.39 is 11.4 Å². The lowest BCUT2D eigenvalue weighted by Gasteiger charge is -2.42. The highest BCUT2D eigenvalue weighted by molar-refractivity contribution is 5.82. The van der Waals surface area contributed by atoms with Crippen molar-refractivity contribution >= 4 is 11.8 Å². The summed E-state index contributed by atoms with van der Waals surface area (Å²) in [5, 5.41) is 2.91. The third kappa shape index (κ3) is 2.95. The first-order chi connectivity index (χ1) is 8.11. The largest absolute Gasteiger partial charge is 0.381 e. The summed E-state index contributed by atoms with van der Waals surface area (Å²) in [6.45, 7) is 1.98. The van der Waals surface area contributed by atoms with Gasteiger partial charge in [-0.15, -0.1) is 0 Å². The van der Waals surface area contributed by atoms with Crippen LogP contribution in [0, 0.1) is 5.92 Å². The van der Waals surface area contributed by atoms with Gasteiger partial charge in [-0.2, -0.15) is 0 Å². The number of primary amides is 1. The maximum absolute atomic E-state index is 12.0. The molecule has 2 rings (SSSR count). The first-order valence-electron chi connectivity index (χ1n) is 5.87. The molecule has 2 amide bonds. The van der Waals surface area contributed by atoms with Gasteiger partial charge in [0.1, 0.15) is 0 Å². The van der Waals surface area contributed by atoms with Crippen LogP contribution in [0.25, 0.3) is 0 Å². The van der Waals surface area contributed by atoms with E-state index in [2.05, 4.69) is 5.32 Å². The molecular weight excluding hydrogens is 224 g/mol. The van der Waals surface area contributed by atoms with Crippen LogP contribution in [-0.2, 0) is 19.1 Å². The van der Waals surface area contributed by atoms with Gasteiger partial charge in [0.15, 0.2) is 0 Å². The van der Waals surface area contributed by atoms with E-state index in [4.69, 9.17) is 15.2 Å². The van der Waals surface area contributed by atoms with Crippen LogP contribution in [0.1, 0.15) is 19.3 Å². The first kappa shape index (κ1) is 12.3. The maximum atomic E-state index is 12.0. The molecule has 17 heavy (non-hydrogen) atoms. The summed E-state index contributed by atoms with van der Waals surface area (Å²) in [5.74, 6) is -0.451. The van der Waals surface area contributed by atoms with E-state index in [0.717, 1.165) is 12.8 Å². The van der Waals surface area contributed by atoms with Gasteiger partial charge in [0.25, 0.3) is 0 Å². The monoisotopic (exact) mass is 242 g/mol. The van der Waals surface area contributed by atoms with Gasteiger partial charge in [0, 0.05) is 19.1 Å². The van der Waals surface area contributed by atoms with Crippen molar-refractivity contribution in [3.63, 3.8) is 0 Å². The summed E-state index contributed by atoms with van der Waals surface area (Å²) in [4.78, 5) is 23.0. The molecule has 2 aliphatic rings. The summed E-state index contributed by atoms with van der Waals surface area (Å²) in [5.41, 5.74) is 4.61. The lowest BCUT2D eigenvalue weighted by atomic mass is 9.90. The zero-order valence-corrected chi connectivity index (χ0v) is 9.74. The molecule has 0 radical (unpaired) electrons. The Balaban J connectivity index is 1.89. The van der Waals surface area contributed by atoms with Crippen LogP contribution in [-0.4, -0.2) is 43.8 Å². The van der Waals surface area contributed by atoms with E-state index in [1.165, 1.54) is 0 Å². The van der Waals surface area contributed by atoms with Crippen LogP contribution < -0.4 is 11.1 Å². The fourth-order valence-electron chi connectivity index (χ4n) is 2.22. The Labute approximate surface area is 99.8 Å². The predicted octanol–water partition coefficient (Wildman–Crippen LogP) is -0.826. The van der Waals surface area contributed by atoms with Crippen LogP contribution in [0.3, 0.4) is 0 Å². The molecule has 3 N–H and O–H groups in total. The molecular formula is C11H18N2O4. The molecule has 6 nitrogen and oxygen atoms in total. The summed E-state index contributed by atoms with van der Waals surface area (Å²) in [6.07, 6.45) is 1.61. The Morgan fingerprint density at radius 3 is 2.35 bits per heavy atom. The topological polar surface area (TPSA) is 90.7 Å². The van der Waals surface area contributed by atoms with E-state index in [9.17, 15) is 9.59 Å². The molecule has 0 spiro atoms. The minimum Gasteiger partial charge on any atom is -0.381 e. The molecule has 0 saturated carbocycles. The molecule has 2 heterocycles. The van der Waals surface area contributed by atoms with Gasteiger partial charge >= 0.3 is 0 Å². The Kier molecular flexibility index (Phi) is 3.63. The van der Waals surface area contributed by atoms with Crippen LogP contribution in [0.2, 0.25) is 0 Å². The van der Waals surface area contributed by atoms with Gasteiger partial charge in [-0.1, -0.05) is 0 Å². The molecule has 96 valence electrons. The summed E-state index contributed by atoms with van der Waals surface area (Å²) < 4.78 is 10.3. The fourth-order valence-corrected chi connectivity index (χ4v) is 2.22. The second kappa shape index (κ2) is 5.01. The predicted molar refractivity (Wildman–Crippen MR) is 59.0 cm³/mol. The number of carbonyl (C=O) groups excluding carboxylic acids is 2. The minimum absolute atomic E-state index is 0.0159. The van der Waals surface area contributed by atoms with Crippen molar-refractivity contribution < 1.29 is 19.1 Å². The van der Waals surface area contributed by atoms with E-state index in [1.807, 2.05) is 0 Å². The number of hydrogen-bond donors (Lipinski definition) is 2. The molecule has 6 heteroatoms. The number of nitrogens with two attached hydrogens (primary N) is 1. The highest BCUT2D eigenvalue weighted by Gasteiger charge is 2.42. The number of hydrogen-bond acceptors (Lipinski definition) is 4. The number of rotatable bonds is 4. The van der Waals surface area contributed by atoms with E-state index in [-0.39, 0.29) is 18.2 Å². The minimum atomic E-state index is -0.568. The van der Waals surface area contributed by atoms with Crippen molar-refractivity contribution in [3.8, 4) is 0 Å². The van der Waals surface area contributed by atoms with Gasteiger partial charge < -0.3 is 20.5 Å². The van der Waals surface area contributed by atoms with Gasteiger partial charge in [0.2, 0.25) is 11.8 Å². The second-order valence-corrected chi connectivity index (χ2v) is 4.79. The molecule has 0 unspecified atom stereocenters. The fraction of sp³-hybridized carbons (Fsp3) is 0.818. The van der Waals surface area contributed by atoms with Gasteiger partial charge in [-0.05, 0) is 12.8 Å². The van der Waals surface area contributed by atoms with E-state index in [0.29, 0.717) is 26.4 Å². The van der Waals surface area contributed by atoms with Crippen molar-refractivity contribution in [2.75, 3.05) is 26.4 Å². The molecule has 2 aliphatic heterocycles. The molecule has 0 aromatic carbocycles. The van der Waals surface area contributed by atoms with Crippen LogP contribution in [0.5, 0.6) is 0 Å². The molecule has 0 aromatic rings. The molecule has 0 bridgehead atoms. The SMILES string of the molecule is NC(=O)CC1(NC(=O)C2CCOCC2)COC1. The smallest absolute Gasteiger partial charge is 0.223 e. The van der Waals surface area contributed by atoms with E-state index in [1.54, 1.807) is 0 Å². The van der Waals surface area contributed by atoms with E-state index >= 15 is 0 Å². The average molecular weight is 242 g/mol. The lowest BCUT2D eigenvalue weighted by molar-refractivity contribution is -0.143. The third-order valence-electron chi connectivity index (χ3n) is 3.25. The normalized spacial score (nSPS) is 23.8. The van der Waals surface area contributed by atoms with Crippen molar-refractivity contribution in [1.82, 2.24) is 5.32 Å². The Morgan fingerprint density at radius 2 is 1.88 bits per heavy atom. The van der Waals surface area contributed by atoms with Gasteiger partial charge in [-0.3, -0.25) is 9.59 Å². The molecule has 0 aliphatic carbocycles. The molecule has 2 saturated heterocycles. The summed E-state index contributed by atoms with van der Waals surface area (Å²) >= 11 is 0. The quantitative estimate of drug-likeness (QED) is 0.673. The molecule has 0 atom stereocenters. The van der Waals surface area contributed by atoms with Crippen molar-refractivity contribution in [2.45, 2.75) is 24.8 Å². The maximum Gasteiger partial charge on any atom is 0.223 e. The van der Waals surface area contributed by atoms with Crippen LogP contribution in [0.4, 0.5) is 0 Å². The lowest BCUT2D eigenvalue weighted by Crippen LogP contribution is -2.64. The molecule has 2 fully saturated rings. The summed E-state index contributed by atoms with van der Waals surface area (Å²) in [7, 11) is 0. The number of nitrogens with one attached hydrogen (secondary N) is 1. The first-order valence-corrected chi connectivity index (χ1v) is 5.87. The van der Waals surface area contributed by atoms with Gasteiger partial charge in [0.05, 0.1) is 25.2 Å². The highest BCUT2D eigenvalue weighted by atomic mass is 16.5. The third-order valence-corrected chi connectivity index (χ3v) is 3.25. The Bertz CT molecular complexity index is 309. The average Bonchev–Trinajstić information content (AvgIpc) is 2.26. The Morgan fingerprint density at radius 1 is 1.24 bits per heavy atom. The van der Waals surface area contributed by atoms with Crippen LogP contribution in [0.15, 0.2) is 0 Å². The number of amides is 2. The van der Waals surface area contributed by atoms with Crippen LogP contribution >= 0.6 is 0 Å². The van der Waals surface area contributed by atoms with Gasteiger partial charge in [-0.25, -0.2) is 0 Å². The Hall–Kier alpha value is -1.14. The number of carbonyl (C=O) groups is 2. The zero-order chi connectivity index (χ0) is 12.3.